The summed E-state index contributed by atoms with van der Waals surface area (Å²) < 4.78 is 10.7. The van der Waals surface area contributed by atoms with E-state index in [1.807, 2.05) is 7.05 Å². The Kier molecular flexibility index (Phi) is 5.97. The number of rotatable bonds is 7. The molecule has 0 saturated heterocycles. The van der Waals surface area contributed by atoms with Crippen molar-refractivity contribution in [3.63, 3.8) is 0 Å². The monoisotopic (exact) mass is 337 g/mol. The van der Waals surface area contributed by atoms with Crippen LogP contribution in [0.15, 0.2) is 12.1 Å². The molecule has 1 aliphatic heterocycles. The molecule has 0 bridgehead atoms. The standard InChI is InChI=1S/C16H23N3O5/c1-4-11(2)18(3)6-5-17-16(20)12-9-14-15(24-8-7-23-14)10-13(12)19(21)22/h9-11H,4-8H2,1-3H3,(H,17,20). The molecule has 24 heavy (non-hydrogen) atoms. The minimum absolute atomic E-state index is 0.0181. The first-order valence-electron chi connectivity index (χ1n) is 8.00. The predicted octanol–water partition coefficient (Wildman–Crippen LogP) is 1.83. The minimum Gasteiger partial charge on any atom is -0.486 e. The van der Waals surface area contributed by atoms with Crippen molar-refractivity contribution in [3.05, 3.63) is 27.8 Å². The molecule has 0 aliphatic carbocycles. The summed E-state index contributed by atoms with van der Waals surface area (Å²) in [4.78, 5) is 25.1. The summed E-state index contributed by atoms with van der Waals surface area (Å²) in [6.07, 6.45) is 1.01. The molecule has 1 aliphatic rings. The Labute approximate surface area is 140 Å². The molecule has 1 amide bonds. The maximum absolute atomic E-state index is 12.3. The summed E-state index contributed by atoms with van der Waals surface area (Å²) in [5.41, 5.74) is -0.303. The lowest BCUT2D eigenvalue weighted by Crippen LogP contribution is -2.37. The molecular weight excluding hydrogens is 314 g/mol. The number of carbonyl (C=O) groups excluding carboxylic acids is 1. The van der Waals surface area contributed by atoms with Gasteiger partial charge in [-0.2, -0.15) is 0 Å². The molecule has 1 N–H and O–H groups in total. The molecule has 8 nitrogen and oxygen atoms in total. The topological polar surface area (TPSA) is 93.9 Å². The van der Waals surface area contributed by atoms with E-state index in [1.54, 1.807) is 0 Å². The number of nitrogens with zero attached hydrogens (tertiary/aromatic N) is 2. The number of hydrogen-bond donors (Lipinski definition) is 1. The van der Waals surface area contributed by atoms with Crippen molar-refractivity contribution in [1.82, 2.24) is 10.2 Å². The predicted molar refractivity (Wildman–Crippen MR) is 88.8 cm³/mol. The quantitative estimate of drug-likeness (QED) is 0.602. The molecule has 0 saturated carbocycles. The number of nitro groups is 1. The van der Waals surface area contributed by atoms with Crippen LogP contribution in [-0.4, -0.2) is 55.1 Å². The number of likely N-dealkylation sites (N-methyl/N-ethyl adjacent to an activating group) is 1. The highest BCUT2D eigenvalue weighted by molar-refractivity contribution is 5.99. The van der Waals surface area contributed by atoms with Crippen LogP contribution in [0, 0.1) is 10.1 Å². The van der Waals surface area contributed by atoms with E-state index in [0.29, 0.717) is 43.8 Å². The second kappa shape index (κ2) is 7.96. The van der Waals surface area contributed by atoms with Crippen LogP contribution < -0.4 is 14.8 Å². The summed E-state index contributed by atoms with van der Waals surface area (Å²) in [5, 5.41) is 14.0. The molecule has 1 aromatic rings. The Bertz CT molecular complexity index is 620. The highest BCUT2D eigenvalue weighted by atomic mass is 16.6. The number of fused-ring (bicyclic) bond motifs is 1. The molecule has 0 spiro atoms. The van der Waals surface area contributed by atoms with E-state index < -0.39 is 10.8 Å². The molecular formula is C16H23N3O5. The van der Waals surface area contributed by atoms with Crippen molar-refractivity contribution in [3.8, 4) is 11.5 Å². The lowest BCUT2D eigenvalue weighted by Gasteiger charge is -2.23. The van der Waals surface area contributed by atoms with Gasteiger partial charge in [-0.15, -0.1) is 0 Å². The summed E-state index contributed by atoms with van der Waals surface area (Å²) in [6, 6.07) is 3.03. The molecule has 1 aromatic carbocycles. The smallest absolute Gasteiger partial charge is 0.286 e. The van der Waals surface area contributed by atoms with E-state index in [4.69, 9.17) is 9.47 Å². The number of benzene rings is 1. The fourth-order valence-corrected chi connectivity index (χ4v) is 2.38. The van der Waals surface area contributed by atoms with Crippen LogP contribution in [0.4, 0.5) is 5.69 Å². The molecule has 0 fully saturated rings. The highest BCUT2D eigenvalue weighted by Gasteiger charge is 2.26. The second-order valence-corrected chi connectivity index (χ2v) is 5.76. The van der Waals surface area contributed by atoms with Crippen LogP contribution in [0.2, 0.25) is 0 Å². The van der Waals surface area contributed by atoms with Gasteiger partial charge in [0.2, 0.25) is 0 Å². The van der Waals surface area contributed by atoms with Gasteiger partial charge in [-0.1, -0.05) is 6.92 Å². The summed E-state index contributed by atoms with van der Waals surface area (Å²) in [5.74, 6) is 0.158. The number of carbonyl (C=O) groups is 1. The van der Waals surface area contributed by atoms with Crippen LogP contribution in [0.3, 0.4) is 0 Å². The highest BCUT2D eigenvalue weighted by Crippen LogP contribution is 2.36. The van der Waals surface area contributed by atoms with E-state index in [9.17, 15) is 14.9 Å². The van der Waals surface area contributed by atoms with Crippen molar-refractivity contribution in [2.24, 2.45) is 0 Å². The average Bonchev–Trinajstić information content (AvgIpc) is 2.59. The Balaban J connectivity index is 2.09. The first-order chi connectivity index (χ1) is 11.4. The van der Waals surface area contributed by atoms with Crippen LogP contribution >= 0.6 is 0 Å². The average molecular weight is 337 g/mol. The third-order valence-corrected chi connectivity index (χ3v) is 4.20. The Hall–Kier alpha value is -2.35. The van der Waals surface area contributed by atoms with Crippen LogP contribution in [0.25, 0.3) is 0 Å². The molecule has 1 atom stereocenters. The summed E-state index contributed by atoms with van der Waals surface area (Å²) >= 11 is 0. The first-order valence-corrected chi connectivity index (χ1v) is 8.00. The third kappa shape index (κ3) is 4.14. The van der Waals surface area contributed by atoms with E-state index >= 15 is 0 Å². The molecule has 0 aromatic heterocycles. The van der Waals surface area contributed by atoms with Crippen molar-refractivity contribution in [2.75, 3.05) is 33.4 Å². The fourth-order valence-electron chi connectivity index (χ4n) is 2.38. The van der Waals surface area contributed by atoms with Crippen molar-refractivity contribution >= 4 is 11.6 Å². The van der Waals surface area contributed by atoms with Gasteiger partial charge in [-0.3, -0.25) is 14.9 Å². The van der Waals surface area contributed by atoms with Gasteiger partial charge in [-0.05, 0) is 20.4 Å². The van der Waals surface area contributed by atoms with Gasteiger partial charge in [0.25, 0.3) is 11.6 Å². The zero-order valence-corrected chi connectivity index (χ0v) is 14.2. The molecule has 132 valence electrons. The second-order valence-electron chi connectivity index (χ2n) is 5.76. The van der Waals surface area contributed by atoms with Gasteiger partial charge in [0.05, 0.1) is 11.0 Å². The number of amides is 1. The largest absolute Gasteiger partial charge is 0.486 e. The SMILES string of the molecule is CCC(C)N(C)CCNC(=O)c1cc2c(cc1[N+](=O)[O-])OCCO2. The molecule has 8 heteroatoms. The normalized spacial score (nSPS) is 14.3. The van der Waals surface area contributed by atoms with Crippen molar-refractivity contribution < 1.29 is 19.2 Å². The lowest BCUT2D eigenvalue weighted by molar-refractivity contribution is -0.385. The summed E-state index contributed by atoms with van der Waals surface area (Å²) in [6.45, 7) is 5.96. The maximum atomic E-state index is 12.3. The first kappa shape index (κ1) is 18.0. The number of ether oxygens (including phenoxy) is 2. The van der Waals surface area contributed by atoms with Gasteiger partial charge in [0.1, 0.15) is 18.8 Å². The third-order valence-electron chi connectivity index (χ3n) is 4.20. The van der Waals surface area contributed by atoms with Crippen LogP contribution in [-0.2, 0) is 0 Å². The Morgan fingerprint density at radius 3 is 2.58 bits per heavy atom. The fraction of sp³-hybridized carbons (Fsp3) is 0.562. The van der Waals surface area contributed by atoms with Crippen molar-refractivity contribution in [1.29, 1.82) is 0 Å². The van der Waals surface area contributed by atoms with Gasteiger partial charge in [0, 0.05) is 25.2 Å². The van der Waals surface area contributed by atoms with E-state index in [0.717, 1.165) is 6.42 Å². The van der Waals surface area contributed by atoms with Gasteiger partial charge >= 0.3 is 0 Å². The van der Waals surface area contributed by atoms with Gasteiger partial charge in [-0.25, -0.2) is 0 Å². The number of nitro benzene ring substituents is 1. The lowest BCUT2D eigenvalue weighted by atomic mass is 10.1. The van der Waals surface area contributed by atoms with Gasteiger partial charge in [0.15, 0.2) is 11.5 Å². The van der Waals surface area contributed by atoms with Crippen LogP contribution in [0.1, 0.15) is 30.6 Å². The molecule has 0 radical (unpaired) electrons. The van der Waals surface area contributed by atoms with Crippen molar-refractivity contribution in [2.45, 2.75) is 26.3 Å². The summed E-state index contributed by atoms with van der Waals surface area (Å²) in [7, 11) is 1.98. The van der Waals surface area contributed by atoms with Crippen LogP contribution in [0.5, 0.6) is 11.5 Å². The molecule has 1 heterocycles. The van der Waals surface area contributed by atoms with E-state index in [2.05, 4.69) is 24.1 Å². The van der Waals surface area contributed by atoms with Gasteiger partial charge < -0.3 is 19.7 Å². The number of nitrogens with one attached hydrogen (secondary N) is 1. The molecule has 2 rings (SSSR count). The Morgan fingerprint density at radius 2 is 2.00 bits per heavy atom. The Morgan fingerprint density at radius 1 is 1.38 bits per heavy atom. The number of hydrogen-bond acceptors (Lipinski definition) is 6. The zero-order valence-electron chi connectivity index (χ0n) is 14.2. The van der Waals surface area contributed by atoms with E-state index in [1.165, 1.54) is 12.1 Å². The van der Waals surface area contributed by atoms with E-state index in [-0.39, 0.29) is 11.3 Å². The molecule has 1 unspecified atom stereocenters. The maximum Gasteiger partial charge on any atom is 0.286 e. The zero-order chi connectivity index (χ0) is 17.7. The minimum atomic E-state index is -0.585.